The molecule has 0 radical (unpaired) electrons. The zero-order valence-corrected chi connectivity index (χ0v) is 13.2. The number of nitrogens with zero attached hydrogens (tertiary/aromatic N) is 3. The third-order valence-corrected chi connectivity index (χ3v) is 3.73. The summed E-state index contributed by atoms with van der Waals surface area (Å²) >= 11 is 13.1. The summed E-state index contributed by atoms with van der Waals surface area (Å²) in [5, 5.41) is 2.67. The molecule has 0 spiro atoms. The summed E-state index contributed by atoms with van der Waals surface area (Å²) in [5.41, 5.74) is 2.17. The molecule has 0 amide bonds. The van der Waals surface area contributed by atoms with E-state index < -0.39 is 0 Å². The van der Waals surface area contributed by atoms with E-state index in [1.54, 1.807) is 6.20 Å². The monoisotopic (exact) mass is 327 g/mol. The second-order valence-corrected chi connectivity index (χ2v) is 5.66. The van der Waals surface area contributed by atoms with Gasteiger partial charge in [-0.1, -0.05) is 12.1 Å². The molecule has 6 heteroatoms. The Balaban J connectivity index is 2.05. The fourth-order valence-corrected chi connectivity index (χ4v) is 2.64. The topological polar surface area (TPSA) is 28.5 Å². The Kier molecular flexibility index (Phi) is 6.30. The van der Waals surface area contributed by atoms with Gasteiger partial charge >= 0.3 is 0 Å². The molecule has 1 heterocycles. The predicted octanol–water partition coefficient (Wildman–Crippen LogP) is 4.18. The van der Waals surface area contributed by atoms with Crippen molar-refractivity contribution in [2.75, 3.05) is 29.7 Å². The van der Waals surface area contributed by atoms with Gasteiger partial charge in [-0.3, -0.25) is 0 Å². The third kappa shape index (κ3) is 4.47. The first-order chi connectivity index (χ1) is 9.83. The lowest BCUT2D eigenvalue weighted by atomic mass is 10.2. The largest absolute Gasteiger partial charge is 0.369 e. The fraction of sp³-hybridized carbons (Fsp3) is 0.286. The van der Waals surface area contributed by atoms with Gasteiger partial charge in [-0.05, 0) is 17.7 Å². The van der Waals surface area contributed by atoms with Crippen LogP contribution in [-0.2, 0) is 0 Å². The van der Waals surface area contributed by atoms with Gasteiger partial charge in [0.1, 0.15) is 0 Å². The molecule has 2 aromatic rings. The fourth-order valence-electron chi connectivity index (χ4n) is 1.75. The van der Waals surface area contributed by atoms with E-state index in [1.807, 2.05) is 23.7 Å². The Morgan fingerprint density at radius 2 is 1.85 bits per heavy atom. The zero-order chi connectivity index (χ0) is 14.2. The number of aromatic nitrogens is 1. The molecule has 0 aliphatic carbocycles. The van der Waals surface area contributed by atoms with E-state index in [4.69, 9.17) is 23.2 Å². The van der Waals surface area contributed by atoms with Gasteiger partial charge in [-0.15, -0.1) is 34.5 Å². The van der Waals surface area contributed by atoms with Crippen molar-refractivity contribution < 1.29 is 0 Å². The SMILES string of the molecule is ClCCN(CCCl)c1ccc(C=Nc2nccs2)cc1. The summed E-state index contributed by atoms with van der Waals surface area (Å²) in [6.45, 7) is 1.58. The number of anilines is 1. The minimum absolute atomic E-state index is 0.587. The van der Waals surface area contributed by atoms with E-state index in [0.29, 0.717) is 11.8 Å². The lowest BCUT2D eigenvalue weighted by Crippen LogP contribution is -2.27. The van der Waals surface area contributed by atoms with Gasteiger partial charge in [-0.25, -0.2) is 9.98 Å². The van der Waals surface area contributed by atoms with Crippen molar-refractivity contribution in [2.45, 2.75) is 0 Å². The van der Waals surface area contributed by atoms with Crippen LogP contribution in [0.1, 0.15) is 5.56 Å². The molecule has 2 rings (SSSR count). The Labute approximate surface area is 132 Å². The third-order valence-electron chi connectivity index (χ3n) is 2.71. The molecule has 0 atom stereocenters. The number of alkyl halides is 2. The van der Waals surface area contributed by atoms with Crippen LogP contribution in [0.25, 0.3) is 0 Å². The first-order valence-electron chi connectivity index (χ1n) is 6.24. The maximum absolute atomic E-state index is 5.81. The molecule has 0 aliphatic heterocycles. The average Bonchev–Trinajstić information content (AvgIpc) is 2.99. The Bertz CT molecular complexity index is 520. The van der Waals surface area contributed by atoms with Crippen LogP contribution in [0.3, 0.4) is 0 Å². The van der Waals surface area contributed by atoms with E-state index in [9.17, 15) is 0 Å². The summed E-state index contributed by atoms with van der Waals surface area (Å²) in [6, 6.07) is 8.18. The van der Waals surface area contributed by atoms with Crippen LogP contribution in [0.5, 0.6) is 0 Å². The first kappa shape index (κ1) is 15.3. The van der Waals surface area contributed by atoms with E-state index in [-0.39, 0.29) is 0 Å². The predicted molar refractivity (Wildman–Crippen MR) is 89.5 cm³/mol. The highest BCUT2D eigenvalue weighted by Crippen LogP contribution is 2.17. The number of benzene rings is 1. The van der Waals surface area contributed by atoms with Crippen molar-refractivity contribution >= 4 is 51.6 Å². The van der Waals surface area contributed by atoms with Crippen molar-refractivity contribution in [2.24, 2.45) is 4.99 Å². The highest BCUT2D eigenvalue weighted by Gasteiger charge is 2.04. The van der Waals surface area contributed by atoms with Crippen molar-refractivity contribution in [1.82, 2.24) is 4.98 Å². The van der Waals surface area contributed by atoms with E-state index in [2.05, 4.69) is 27.0 Å². The van der Waals surface area contributed by atoms with Gasteiger partial charge in [0.15, 0.2) is 0 Å². The number of rotatable bonds is 7. The van der Waals surface area contributed by atoms with Gasteiger partial charge in [-0.2, -0.15) is 0 Å². The quantitative estimate of drug-likeness (QED) is 0.563. The summed E-state index contributed by atoms with van der Waals surface area (Å²) in [5.74, 6) is 1.17. The number of halogens is 2. The van der Waals surface area contributed by atoms with Crippen molar-refractivity contribution in [3.05, 3.63) is 41.4 Å². The summed E-state index contributed by atoms with van der Waals surface area (Å²) in [4.78, 5) is 10.6. The second-order valence-electron chi connectivity index (χ2n) is 4.03. The number of hydrogen-bond donors (Lipinski definition) is 0. The molecular weight excluding hydrogens is 313 g/mol. The summed E-state index contributed by atoms with van der Waals surface area (Å²) in [7, 11) is 0. The van der Waals surface area contributed by atoms with Crippen LogP contribution in [0, 0.1) is 0 Å². The molecule has 0 aliphatic rings. The molecule has 1 aromatic heterocycles. The van der Waals surface area contributed by atoms with Gasteiger partial charge in [0, 0.05) is 48.3 Å². The van der Waals surface area contributed by atoms with Gasteiger partial charge in [0.05, 0.1) is 0 Å². The number of hydrogen-bond acceptors (Lipinski definition) is 4. The van der Waals surface area contributed by atoms with Crippen LogP contribution in [0.15, 0.2) is 40.8 Å². The smallest absolute Gasteiger partial charge is 0.208 e. The minimum Gasteiger partial charge on any atom is -0.369 e. The molecule has 106 valence electrons. The maximum Gasteiger partial charge on any atom is 0.208 e. The summed E-state index contributed by atoms with van der Waals surface area (Å²) < 4.78 is 0. The highest BCUT2D eigenvalue weighted by atomic mass is 35.5. The number of aliphatic imine (C=N–C) groups is 1. The molecule has 0 fully saturated rings. The Morgan fingerprint density at radius 3 is 2.40 bits per heavy atom. The van der Waals surface area contributed by atoms with E-state index >= 15 is 0 Å². The van der Waals surface area contributed by atoms with Crippen molar-refractivity contribution in [3.8, 4) is 0 Å². The summed E-state index contributed by atoms with van der Waals surface area (Å²) in [6.07, 6.45) is 3.56. The molecule has 1 aromatic carbocycles. The van der Waals surface area contributed by atoms with Gasteiger partial charge < -0.3 is 4.90 Å². The maximum atomic E-state index is 5.81. The van der Waals surface area contributed by atoms with Crippen LogP contribution < -0.4 is 4.90 Å². The molecule has 3 nitrogen and oxygen atoms in total. The van der Waals surface area contributed by atoms with Crippen LogP contribution in [0.2, 0.25) is 0 Å². The molecule has 0 unspecified atom stereocenters. The Morgan fingerprint density at radius 1 is 1.15 bits per heavy atom. The first-order valence-corrected chi connectivity index (χ1v) is 8.19. The normalized spacial score (nSPS) is 11.1. The van der Waals surface area contributed by atoms with Crippen LogP contribution in [-0.4, -0.2) is 36.0 Å². The zero-order valence-electron chi connectivity index (χ0n) is 10.9. The molecule has 20 heavy (non-hydrogen) atoms. The Hall–Kier alpha value is -1.10. The van der Waals surface area contributed by atoms with Crippen molar-refractivity contribution in [1.29, 1.82) is 0 Å². The average molecular weight is 328 g/mol. The number of thiazole rings is 1. The van der Waals surface area contributed by atoms with Crippen molar-refractivity contribution in [3.63, 3.8) is 0 Å². The van der Waals surface area contributed by atoms with Crippen LogP contribution in [0.4, 0.5) is 10.8 Å². The molecule has 0 bridgehead atoms. The van der Waals surface area contributed by atoms with E-state index in [1.165, 1.54) is 11.3 Å². The van der Waals surface area contributed by atoms with Gasteiger partial charge in [0.25, 0.3) is 0 Å². The molecule has 0 N–H and O–H groups in total. The van der Waals surface area contributed by atoms with Gasteiger partial charge in [0.2, 0.25) is 5.13 Å². The minimum atomic E-state index is 0.587. The second kappa shape index (κ2) is 8.25. The van der Waals surface area contributed by atoms with Crippen LogP contribution >= 0.6 is 34.5 Å². The highest BCUT2D eigenvalue weighted by molar-refractivity contribution is 7.13. The van der Waals surface area contributed by atoms with E-state index in [0.717, 1.165) is 29.5 Å². The molecular formula is C14H15Cl2N3S. The molecule has 0 saturated carbocycles. The standard InChI is InChI=1S/C14H15Cl2N3S/c15-5-8-19(9-6-16)13-3-1-12(2-4-13)11-18-14-17-7-10-20-14/h1-4,7,10-11H,5-6,8-9H2. The molecule has 0 saturated heterocycles. The lowest BCUT2D eigenvalue weighted by molar-refractivity contribution is 0.874. The lowest BCUT2D eigenvalue weighted by Gasteiger charge is -2.22.